The Labute approximate surface area is 113 Å². The van der Waals surface area contributed by atoms with E-state index in [0.717, 1.165) is 25.9 Å². The first-order valence-electron chi connectivity index (χ1n) is 6.66. The van der Waals surface area contributed by atoms with Gasteiger partial charge in [-0.2, -0.15) is 11.8 Å². The van der Waals surface area contributed by atoms with E-state index in [-0.39, 0.29) is 5.38 Å². The largest absolute Gasteiger partial charge is 0.342 e. The second-order valence-corrected chi connectivity index (χ2v) is 7.17. The van der Waals surface area contributed by atoms with E-state index >= 15 is 0 Å². The number of halogens is 1. The SMILES string of the molecule is CC1CN(C(=O)CC2CCSCC2)CCC1Cl. The van der Waals surface area contributed by atoms with Crippen LogP contribution in [0.5, 0.6) is 0 Å². The zero-order valence-corrected chi connectivity index (χ0v) is 12.1. The van der Waals surface area contributed by atoms with Gasteiger partial charge in [0.15, 0.2) is 0 Å². The molecule has 2 aliphatic rings. The van der Waals surface area contributed by atoms with Crippen LogP contribution >= 0.6 is 23.4 Å². The Kier molecular flexibility index (Phi) is 5.04. The summed E-state index contributed by atoms with van der Waals surface area (Å²) in [7, 11) is 0. The van der Waals surface area contributed by atoms with Crippen molar-refractivity contribution < 1.29 is 4.79 Å². The van der Waals surface area contributed by atoms with Crippen LogP contribution in [0.2, 0.25) is 0 Å². The van der Waals surface area contributed by atoms with Gasteiger partial charge in [-0.05, 0) is 42.6 Å². The molecule has 0 radical (unpaired) electrons. The Morgan fingerprint density at radius 1 is 1.35 bits per heavy atom. The number of thioether (sulfide) groups is 1. The van der Waals surface area contributed by atoms with Crippen molar-refractivity contribution in [2.75, 3.05) is 24.6 Å². The Morgan fingerprint density at radius 3 is 2.71 bits per heavy atom. The normalized spacial score (nSPS) is 31.5. The predicted octanol–water partition coefficient (Wildman–Crippen LogP) is 3.00. The molecule has 17 heavy (non-hydrogen) atoms. The second-order valence-electron chi connectivity index (χ2n) is 5.38. The Balaban J connectivity index is 1.79. The Hall–Kier alpha value is 0.110. The fourth-order valence-corrected chi connectivity index (χ4v) is 4.05. The van der Waals surface area contributed by atoms with Crippen LogP contribution in [0, 0.1) is 11.8 Å². The fraction of sp³-hybridized carbons (Fsp3) is 0.923. The number of rotatable bonds is 2. The van der Waals surface area contributed by atoms with Crippen molar-refractivity contribution >= 4 is 29.3 Å². The maximum atomic E-state index is 12.2. The molecule has 0 saturated carbocycles. The molecule has 2 saturated heterocycles. The van der Waals surface area contributed by atoms with E-state index < -0.39 is 0 Å². The summed E-state index contributed by atoms with van der Waals surface area (Å²) in [4.78, 5) is 14.2. The number of amides is 1. The van der Waals surface area contributed by atoms with Crippen LogP contribution in [0.1, 0.15) is 32.6 Å². The summed E-state index contributed by atoms with van der Waals surface area (Å²) in [6.45, 7) is 3.86. The molecule has 0 N–H and O–H groups in total. The summed E-state index contributed by atoms with van der Waals surface area (Å²) in [5, 5.41) is 0.255. The summed E-state index contributed by atoms with van der Waals surface area (Å²) < 4.78 is 0. The highest BCUT2D eigenvalue weighted by Crippen LogP contribution is 2.27. The molecule has 0 aromatic heterocycles. The number of hydrogen-bond acceptors (Lipinski definition) is 2. The lowest BCUT2D eigenvalue weighted by Crippen LogP contribution is -2.44. The van der Waals surface area contributed by atoms with E-state index in [1.165, 1.54) is 24.3 Å². The minimum absolute atomic E-state index is 0.255. The third-order valence-electron chi connectivity index (χ3n) is 3.96. The third-order valence-corrected chi connectivity index (χ3v) is 5.65. The molecule has 2 aliphatic heterocycles. The quantitative estimate of drug-likeness (QED) is 0.722. The molecule has 2 heterocycles. The standard InChI is InChI=1S/C13H22ClNOS/c1-10-9-15(5-2-12(10)14)13(16)8-11-3-6-17-7-4-11/h10-12H,2-9H2,1H3. The highest BCUT2D eigenvalue weighted by molar-refractivity contribution is 7.99. The molecular formula is C13H22ClNOS. The highest BCUT2D eigenvalue weighted by Gasteiger charge is 2.28. The predicted molar refractivity (Wildman–Crippen MR) is 74.7 cm³/mol. The average Bonchev–Trinajstić information content (AvgIpc) is 2.34. The Bertz CT molecular complexity index is 268. The number of carbonyl (C=O) groups excluding carboxylic acids is 1. The zero-order chi connectivity index (χ0) is 12.3. The van der Waals surface area contributed by atoms with Crippen LogP contribution in [0.3, 0.4) is 0 Å². The number of carbonyl (C=O) groups is 1. The number of nitrogens with zero attached hydrogens (tertiary/aromatic N) is 1. The smallest absolute Gasteiger partial charge is 0.222 e. The van der Waals surface area contributed by atoms with Gasteiger partial charge < -0.3 is 4.90 Å². The van der Waals surface area contributed by atoms with Crippen molar-refractivity contribution in [1.29, 1.82) is 0 Å². The van der Waals surface area contributed by atoms with Crippen LogP contribution < -0.4 is 0 Å². The van der Waals surface area contributed by atoms with Crippen LogP contribution in [0.4, 0.5) is 0 Å². The molecule has 2 nitrogen and oxygen atoms in total. The van der Waals surface area contributed by atoms with Gasteiger partial charge in [-0.3, -0.25) is 4.79 Å². The number of hydrogen-bond donors (Lipinski definition) is 0. The monoisotopic (exact) mass is 275 g/mol. The molecule has 0 spiro atoms. The summed E-state index contributed by atoms with van der Waals surface area (Å²) in [5.74, 6) is 3.90. The molecule has 2 fully saturated rings. The van der Waals surface area contributed by atoms with E-state index in [2.05, 4.69) is 6.92 Å². The summed E-state index contributed by atoms with van der Waals surface area (Å²) in [5.41, 5.74) is 0. The first-order chi connectivity index (χ1) is 8.16. The van der Waals surface area contributed by atoms with Crippen molar-refractivity contribution in [1.82, 2.24) is 4.90 Å². The van der Waals surface area contributed by atoms with Crippen molar-refractivity contribution in [2.45, 2.75) is 38.0 Å². The second kappa shape index (κ2) is 6.33. The van der Waals surface area contributed by atoms with Gasteiger partial charge in [-0.15, -0.1) is 11.6 Å². The van der Waals surface area contributed by atoms with Crippen molar-refractivity contribution in [3.05, 3.63) is 0 Å². The lowest BCUT2D eigenvalue weighted by molar-refractivity contribution is -0.133. The molecule has 0 aliphatic carbocycles. The van der Waals surface area contributed by atoms with E-state index in [0.29, 0.717) is 17.7 Å². The molecule has 1 amide bonds. The summed E-state index contributed by atoms with van der Waals surface area (Å²) >= 11 is 8.21. The lowest BCUT2D eigenvalue weighted by atomic mass is 9.95. The maximum Gasteiger partial charge on any atom is 0.222 e. The molecule has 4 heteroatoms. The molecule has 2 atom stereocenters. The highest BCUT2D eigenvalue weighted by atomic mass is 35.5. The first-order valence-corrected chi connectivity index (χ1v) is 8.25. The Morgan fingerprint density at radius 2 is 2.06 bits per heavy atom. The lowest BCUT2D eigenvalue weighted by Gasteiger charge is -2.35. The van der Waals surface area contributed by atoms with Crippen LogP contribution in [-0.4, -0.2) is 40.8 Å². The van der Waals surface area contributed by atoms with Gasteiger partial charge in [0.2, 0.25) is 5.91 Å². The van der Waals surface area contributed by atoms with Crippen LogP contribution in [-0.2, 0) is 4.79 Å². The van der Waals surface area contributed by atoms with Gasteiger partial charge in [-0.1, -0.05) is 6.92 Å². The summed E-state index contributed by atoms with van der Waals surface area (Å²) in [6.07, 6.45) is 4.16. The number of alkyl halides is 1. The van der Waals surface area contributed by atoms with Crippen LogP contribution in [0.15, 0.2) is 0 Å². The summed E-state index contributed by atoms with van der Waals surface area (Å²) in [6, 6.07) is 0. The van der Waals surface area contributed by atoms with Gasteiger partial charge in [0.25, 0.3) is 0 Å². The third kappa shape index (κ3) is 3.78. The van der Waals surface area contributed by atoms with E-state index in [4.69, 9.17) is 11.6 Å². The number of piperidine rings is 1. The van der Waals surface area contributed by atoms with Gasteiger partial charge >= 0.3 is 0 Å². The molecule has 0 aromatic rings. The minimum Gasteiger partial charge on any atom is -0.342 e. The van der Waals surface area contributed by atoms with E-state index in [1.807, 2.05) is 16.7 Å². The van der Waals surface area contributed by atoms with Gasteiger partial charge in [0, 0.05) is 24.9 Å². The van der Waals surface area contributed by atoms with Gasteiger partial charge in [-0.25, -0.2) is 0 Å². The fourth-order valence-electron chi connectivity index (χ4n) is 2.67. The molecule has 2 rings (SSSR count). The topological polar surface area (TPSA) is 20.3 Å². The van der Waals surface area contributed by atoms with Crippen molar-refractivity contribution in [2.24, 2.45) is 11.8 Å². The van der Waals surface area contributed by atoms with Gasteiger partial charge in [0.05, 0.1) is 0 Å². The minimum atomic E-state index is 0.255. The first kappa shape index (κ1) is 13.5. The average molecular weight is 276 g/mol. The molecule has 2 unspecified atom stereocenters. The number of likely N-dealkylation sites (tertiary alicyclic amines) is 1. The van der Waals surface area contributed by atoms with E-state index in [9.17, 15) is 4.79 Å². The molecule has 98 valence electrons. The van der Waals surface area contributed by atoms with Gasteiger partial charge in [0.1, 0.15) is 0 Å². The van der Waals surface area contributed by atoms with E-state index in [1.54, 1.807) is 0 Å². The van der Waals surface area contributed by atoms with Crippen molar-refractivity contribution in [3.63, 3.8) is 0 Å². The molecule has 0 aromatic carbocycles. The zero-order valence-electron chi connectivity index (χ0n) is 10.5. The van der Waals surface area contributed by atoms with Crippen molar-refractivity contribution in [3.8, 4) is 0 Å². The maximum absolute atomic E-state index is 12.2. The molecule has 0 bridgehead atoms. The molecular weight excluding hydrogens is 254 g/mol. The van der Waals surface area contributed by atoms with Crippen LogP contribution in [0.25, 0.3) is 0 Å².